The molecule has 0 saturated heterocycles. The Bertz CT molecular complexity index is 481. The monoisotopic (exact) mass is 289 g/mol. The first-order chi connectivity index (χ1) is 10.0. The van der Waals surface area contributed by atoms with E-state index in [1.54, 1.807) is 30.3 Å². The molecule has 0 radical (unpaired) electrons. The predicted octanol–water partition coefficient (Wildman–Crippen LogP) is 3.37. The van der Waals surface area contributed by atoms with Crippen molar-refractivity contribution in [1.82, 2.24) is 5.32 Å². The maximum absolute atomic E-state index is 11.7. The third kappa shape index (κ3) is 7.15. The minimum Gasteiger partial charge on any atom is -0.334 e. The van der Waals surface area contributed by atoms with Crippen molar-refractivity contribution in [2.45, 2.75) is 26.7 Å². The Morgan fingerprint density at radius 1 is 1.14 bits per heavy atom. The van der Waals surface area contributed by atoms with Crippen molar-refractivity contribution >= 4 is 23.3 Å². The molecule has 114 valence electrons. The molecule has 0 bridgehead atoms. The highest BCUT2D eigenvalue weighted by atomic mass is 16.2. The lowest BCUT2D eigenvalue weighted by Gasteiger charge is -2.09. The zero-order chi connectivity index (χ0) is 15.7. The molecule has 0 unspecified atom stereocenters. The minimum atomic E-state index is -0.288. The van der Waals surface area contributed by atoms with Crippen LogP contribution in [0.2, 0.25) is 0 Å². The van der Waals surface area contributed by atoms with E-state index in [1.807, 2.05) is 0 Å². The topological polar surface area (TPSA) is 70.2 Å². The molecular weight excluding hydrogens is 266 g/mol. The molecule has 0 aliphatic rings. The van der Waals surface area contributed by atoms with E-state index in [0.29, 0.717) is 24.6 Å². The van der Waals surface area contributed by atoms with Gasteiger partial charge in [-0.1, -0.05) is 19.9 Å². The summed E-state index contributed by atoms with van der Waals surface area (Å²) in [7, 11) is 0. The van der Waals surface area contributed by atoms with Crippen molar-refractivity contribution in [3.8, 4) is 0 Å². The van der Waals surface area contributed by atoms with Crippen molar-refractivity contribution in [1.29, 1.82) is 0 Å². The van der Waals surface area contributed by atoms with Gasteiger partial charge in [0.2, 0.25) is 5.91 Å². The molecule has 1 aromatic carbocycles. The van der Waals surface area contributed by atoms with Gasteiger partial charge in [-0.3, -0.25) is 4.79 Å². The van der Waals surface area contributed by atoms with Crippen molar-refractivity contribution < 1.29 is 9.59 Å². The van der Waals surface area contributed by atoms with Gasteiger partial charge in [0.1, 0.15) is 0 Å². The Labute approximate surface area is 125 Å². The first-order valence-electron chi connectivity index (χ1n) is 7.07. The van der Waals surface area contributed by atoms with E-state index in [1.165, 1.54) is 0 Å². The Kier molecular flexibility index (Phi) is 7.01. The number of hydrogen-bond donors (Lipinski definition) is 3. The molecule has 1 rings (SSSR count). The summed E-state index contributed by atoms with van der Waals surface area (Å²) in [6, 6.07) is 6.72. The number of amides is 3. The van der Waals surface area contributed by atoms with Crippen LogP contribution in [0.3, 0.4) is 0 Å². The van der Waals surface area contributed by atoms with E-state index in [2.05, 4.69) is 36.4 Å². The van der Waals surface area contributed by atoms with E-state index in [-0.39, 0.29) is 11.9 Å². The van der Waals surface area contributed by atoms with Crippen molar-refractivity contribution in [3.63, 3.8) is 0 Å². The Morgan fingerprint density at radius 2 is 1.71 bits per heavy atom. The summed E-state index contributed by atoms with van der Waals surface area (Å²) < 4.78 is 0. The van der Waals surface area contributed by atoms with Crippen LogP contribution in [0.4, 0.5) is 16.2 Å². The summed E-state index contributed by atoms with van der Waals surface area (Å²) in [6.07, 6.45) is 2.99. The first kappa shape index (κ1) is 16.8. The van der Waals surface area contributed by atoms with Crippen LogP contribution < -0.4 is 16.0 Å². The van der Waals surface area contributed by atoms with Crippen molar-refractivity contribution in [2.24, 2.45) is 5.92 Å². The van der Waals surface area contributed by atoms with Crippen LogP contribution in [0.25, 0.3) is 0 Å². The molecule has 0 spiro atoms. The normalized spacial score (nSPS) is 10.0. The number of anilines is 2. The summed E-state index contributed by atoms with van der Waals surface area (Å²) in [5, 5.41) is 8.14. The van der Waals surface area contributed by atoms with E-state index in [4.69, 9.17) is 0 Å². The molecule has 0 atom stereocenters. The fourth-order valence-corrected chi connectivity index (χ4v) is 1.62. The molecular formula is C16H23N3O2. The van der Waals surface area contributed by atoms with Gasteiger partial charge in [-0.15, -0.1) is 6.58 Å². The standard InChI is InChI=1S/C16H23N3O2/c1-4-11-17-16(21)19-14-8-6-13(7-9-14)18-15(20)10-5-12(2)3/h4,6-9,12H,1,5,10-11H2,2-3H3,(H,18,20)(H2,17,19,21). The van der Waals surface area contributed by atoms with Crippen LogP contribution in [-0.4, -0.2) is 18.5 Å². The van der Waals surface area contributed by atoms with Crippen LogP contribution in [0, 0.1) is 5.92 Å². The molecule has 5 heteroatoms. The van der Waals surface area contributed by atoms with Crippen LogP contribution in [0.1, 0.15) is 26.7 Å². The fraction of sp³-hybridized carbons (Fsp3) is 0.375. The predicted molar refractivity (Wildman–Crippen MR) is 86.4 cm³/mol. The SMILES string of the molecule is C=CCNC(=O)Nc1ccc(NC(=O)CCC(C)C)cc1. The molecule has 1 aromatic rings. The first-order valence-corrected chi connectivity index (χ1v) is 7.07. The van der Waals surface area contributed by atoms with E-state index in [9.17, 15) is 9.59 Å². The summed E-state index contributed by atoms with van der Waals surface area (Å²) in [5.41, 5.74) is 1.39. The summed E-state index contributed by atoms with van der Waals surface area (Å²) in [6.45, 7) is 8.11. The van der Waals surface area contributed by atoms with E-state index in [0.717, 1.165) is 12.1 Å². The van der Waals surface area contributed by atoms with Gasteiger partial charge in [-0.25, -0.2) is 4.79 Å². The van der Waals surface area contributed by atoms with Crippen LogP contribution in [-0.2, 0) is 4.79 Å². The second kappa shape index (κ2) is 8.79. The molecule has 3 N–H and O–H groups in total. The smallest absolute Gasteiger partial charge is 0.319 e. The van der Waals surface area contributed by atoms with Gasteiger partial charge in [0.25, 0.3) is 0 Å². The fourth-order valence-electron chi connectivity index (χ4n) is 1.62. The van der Waals surface area contributed by atoms with Crippen molar-refractivity contribution in [3.05, 3.63) is 36.9 Å². The highest BCUT2D eigenvalue weighted by Gasteiger charge is 2.05. The lowest BCUT2D eigenvalue weighted by Crippen LogP contribution is -2.28. The second-order valence-corrected chi connectivity index (χ2v) is 5.18. The second-order valence-electron chi connectivity index (χ2n) is 5.18. The summed E-state index contributed by atoms with van der Waals surface area (Å²) >= 11 is 0. The number of nitrogens with one attached hydrogen (secondary N) is 3. The molecule has 5 nitrogen and oxygen atoms in total. The molecule has 0 aliphatic heterocycles. The molecule has 21 heavy (non-hydrogen) atoms. The molecule has 0 aliphatic carbocycles. The maximum atomic E-state index is 11.7. The summed E-state index contributed by atoms with van der Waals surface area (Å²) in [4.78, 5) is 23.1. The highest BCUT2D eigenvalue weighted by Crippen LogP contribution is 2.14. The van der Waals surface area contributed by atoms with Gasteiger partial charge < -0.3 is 16.0 Å². The Hall–Kier alpha value is -2.30. The Balaban J connectivity index is 2.44. The maximum Gasteiger partial charge on any atom is 0.319 e. The number of rotatable bonds is 7. The Morgan fingerprint density at radius 3 is 2.24 bits per heavy atom. The molecule has 0 saturated carbocycles. The zero-order valence-corrected chi connectivity index (χ0v) is 12.6. The molecule has 0 fully saturated rings. The number of carbonyl (C=O) groups is 2. The van der Waals surface area contributed by atoms with Crippen molar-refractivity contribution in [2.75, 3.05) is 17.2 Å². The van der Waals surface area contributed by atoms with Crippen LogP contribution >= 0.6 is 0 Å². The molecule has 3 amide bonds. The quantitative estimate of drug-likeness (QED) is 0.673. The number of carbonyl (C=O) groups excluding carboxylic acids is 2. The largest absolute Gasteiger partial charge is 0.334 e. The van der Waals surface area contributed by atoms with Gasteiger partial charge in [0.05, 0.1) is 0 Å². The van der Waals surface area contributed by atoms with Gasteiger partial charge in [-0.05, 0) is 36.6 Å². The number of hydrogen-bond acceptors (Lipinski definition) is 2. The highest BCUT2D eigenvalue weighted by molar-refractivity contribution is 5.92. The van der Waals surface area contributed by atoms with E-state index >= 15 is 0 Å². The van der Waals surface area contributed by atoms with E-state index < -0.39 is 0 Å². The molecule has 0 aromatic heterocycles. The molecule has 0 heterocycles. The summed E-state index contributed by atoms with van der Waals surface area (Å²) in [5.74, 6) is 0.518. The van der Waals surface area contributed by atoms with Gasteiger partial charge in [-0.2, -0.15) is 0 Å². The minimum absolute atomic E-state index is 0.00753. The van der Waals surface area contributed by atoms with Gasteiger partial charge >= 0.3 is 6.03 Å². The van der Waals surface area contributed by atoms with Crippen LogP contribution in [0.5, 0.6) is 0 Å². The van der Waals surface area contributed by atoms with Gasteiger partial charge in [0, 0.05) is 24.3 Å². The zero-order valence-electron chi connectivity index (χ0n) is 12.6. The lowest BCUT2D eigenvalue weighted by molar-refractivity contribution is -0.116. The lowest BCUT2D eigenvalue weighted by atomic mass is 10.1. The average Bonchev–Trinajstić information content (AvgIpc) is 2.45. The average molecular weight is 289 g/mol. The van der Waals surface area contributed by atoms with Crippen LogP contribution in [0.15, 0.2) is 36.9 Å². The van der Waals surface area contributed by atoms with Gasteiger partial charge in [0.15, 0.2) is 0 Å². The third-order valence-electron chi connectivity index (χ3n) is 2.78. The third-order valence-corrected chi connectivity index (χ3v) is 2.78. The number of benzene rings is 1. The number of urea groups is 1.